The maximum absolute atomic E-state index is 10.7. The number of aromatic amines is 1. The zero-order valence-electron chi connectivity index (χ0n) is 9.19. The highest BCUT2D eigenvalue weighted by Gasteiger charge is 2.09. The Bertz CT molecular complexity index is 517. The van der Waals surface area contributed by atoms with Gasteiger partial charge in [-0.25, -0.2) is 0 Å². The minimum absolute atomic E-state index is 0.157. The largest absolute Gasteiger partial charge is 0.361 e. The average Bonchev–Trinajstić information content (AvgIpc) is 2.68. The van der Waals surface area contributed by atoms with Gasteiger partial charge in [0.25, 0.3) is 5.69 Å². The summed E-state index contributed by atoms with van der Waals surface area (Å²) in [6.07, 6.45) is 5.15. The first-order valence-electron chi connectivity index (χ1n) is 5.46. The van der Waals surface area contributed by atoms with Gasteiger partial charge in [0.15, 0.2) is 0 Å². The fourth-order valence-electron chi connectivity index (χ4n) is 1.85. The first-order valence-corrected chi connectivity index (χ1v) is 5.46. The van der Waals surface area contributed by atoms with Crippen LogP contribution in [0.2, 0.25) is 0 Å². The molecule has 0 spiro atoms. The highest BCUT2D eigenvalue weighted by molar-refractivity contribution is 5.85. The summed E-state index contributed by atoms with van der Waals surface area (Å²) in [4.78, 5) is 13.5. The molecule has 0 aliphatic rings. The molecule has 0 saturated carbocycles. The van der Waals surface area contributed by atoms with Crippen molar-refractivity contribution in [3.05, 3.63) is 40.1 Å². The second-order valence-corrected chi connectivity index (χ2v) is 3.90. The van der Waals surface area contributed by atoms with E-state index in [-0.39, 0.29) is 10.6 Å². The molecule has 0 saturated heterocycles. The van der Waals surface area contributed by atoms with Crippen LogP contribution in [0.15, 0.2) is 24.4 Å². The molecule has 2 aromatic rings. The van der Waals surface area contributed by atoms with E-state index in [0.717, 1.165) is 30.2 Å². The smallest absolute Gasteiger partial charge is 0.270 e. The van der Waals surface area contributed by atoms with Crippen molar-refractivity contribution in [2.24, 2.45) is 0 Å². The number of hydrogen-bond donors (Lipinski definition) is 1. The standard InChI is InChI=1S/C12H14N2O2/c1-2-3-4-9-8-13-12-6-5-10(14(15)16)7-11(9)12/h5-8,13H,2-4H2,1H3. The number of benzene rings is 1. The van der Waals surface area contributed by atoms with Gasteiger partial charge in [-0.05, 0) is 24.5 Å². The van der Waals surface area contributed by atoms with Crippen molar-refractivity contribution in [3.8, 4) is 0 Å². The molecule has 2 rings (SSSR count). The van der Waals surface area contributed by atoms with Gasteiger partial charge in [-0.3, -0.25) is 10.1 Å². The van der Waals surface area contributed by atoms with E-state index < -0.39 is 0 Å². The third kappa shape index (κ3) is 1.91. The number of aromatic nitrogens is 1. The van der Waals surface area contributed by atoms with Crippen molar-refractivity contribution < 1.29 is 4.92 Å². The SMILES string of the molecule is CCCCc1c[nH]c2ccc([N+](=O)[O-])cc12. The van der Waals surface area contributed by atoms with E-state index in [0.29, 0.717) is 0 Å². The number of nitro groups is 1. The third-order valence-corrected chi connectivity index (χ3v) is 2.76. The molecule has 1 N–H and O–H groups in total. The molecule has 4 heteroatoms. The minimum Gasteiger partial charge on any atom is -0.361 e. The quantitative estimate of drug-likeness (QED) is 0.631. The van der Waals surface area contributed by atoms with E-state index in [1.807, 2.05) is 6.20 Å². The molecule has 1 heterocycles. The summed E-state index contributed by atoms with van der Waals surface area (Å²) in [5, 5.41) is 11.7. The number of non-ortho nitro benzene ring substituents is 1. The number of nitro benzene ring substituents is 1. The normalized spacial score (nSPS) is 10.8. The predicted octanol–water partition coefficient (Wildman–Crippen LogP) is 3.42. The fraction of sp³-hybridized carbons (Fsp3) is 0.333. The summed E-state index contributed by atoms with van der Waals surface area (Å²) in [7, 11) is 0. The first-order chi connectivity index (χ1) is 7.72. The number of H-pyrrole nitrogens is 1. The van der Waals surface area contributed by atoms with E-state index >= 15 is 0 Å². The Morgan fingerprint density at radius 3 is 2.94 bits per heavy atom. The van der Waals surface area contributed by atoms with Gasteiger partial charge < -0.3 is 4.98 Å². The molecule has 1 aromatic carbocycles. The molecule has 0 unspecified atom stereocenters. The van der Waals surface area contributed by atoms with E-state index in [9.17, 15) is 10.1 Å². The number of rotatable bonds is 4. The van der Waals surface area contributed by atoms with Crippen LogP contribution in [0.1, 0.15) is 25.3 Å². The molecule has 0 atom stereocenters. The molecule has 0 aliphatic heterocycles. The van der Waals surface area contributed by atoms with Crippen molar-refractivity contribution in [1.29, 1.82) is 0 Å². The van der Waals surface area contributed by atoms with Crippen molar-refractivity contribution in [2.75, 3.05) is 0 Å². The summed E-state index contributed by atoms with van der Waals surface area (Å²) >= 11 is 0. The van der Waals surface area contributed by atoms with Crippen LogP contribution in [0.4, 0.5) is 5.69 Å². The number of nitrogens with zero attached hydrogens (tertiary/aromatic N) is 1. The van der Waals surface area contributed by atoms with Crippen LogP contribution >= 0.6 is 0 Å². The van der Waals surface area contributed by atoms with Gasteiger partial charge in [-0.2, -0.15) is 0 Å². The maximum atomic E-state index is 10.7. The number of nitrogens with one attached hydrogen (secondary N) is 1. The highest BCUT2D eigenvalue weighted by Crippen LogP contribution is 2.24. The second kappa shape index (κ2) is 4.35. The van der Waals surface area contributed by atoms with Crippen LogP contribution < -0.4 is 0 Å². The van der Waals surface area contributed by atoms with Crippen LogP contribution in [0.3, 0.4) is 0 Å². The van der Waals surface area contributed by atoms with E-state index in [2.05, 4.69) is 11.9 Å². The van der Waals surface area contributed by atoms with Gasteiger partial charge in [0, 0.05) is 29.2 Å². The fourth-order valence-corrected chi connectivity index (χ4v) is 1.85. The van der Waals surface area contributed by atoms with Gasteiger partial charge in [0.05, 0.1) is 4.92 Å². The Labute approximate surface area is 93.4 Å². The first kappa shape index (κ1) is 10.7. The molecule has 84 valence electrons. The van der Waals surface area contributed by atoms with Crippen molar-refractivity contribution >= 4 is 16.6 Å². The van der Waals surface area contributed by atoms with Crippen LogP contribution in [-0.4, -0.2) is 9.91 Å². The van der Waals surface area contributed by atoms with E-state index in [4.69, 9.17) is 0 Å². The summed E-state index contributed by atoms with van der Waals surface area (Å²) in [5.74, 6) is 0. The Hall–Kier alpha value is -1.84. The topological polar surface area (TPSA) is 58.9 Å². The second-order valence-electron chi connectivity index (χ2n) is 3.90. The van der Waals surface area contributed by atoms with E-state index in [1.54, 1.807) is 12.1 Å². The zero-order valence-corrected chi connectivity index (χ0v) is 9.19. The van der Waals surface area contributed by atoms with Gasteiger partial charge in [-0.1, -0.05) is 13.3 Å². The molecule has 0 fully saturated rings. The van der Waals surface area contributed by atoms with Crippen LogP contribution in [-0.2, 0) is 6.42 Å². The minimum atomic E-state index is -0.351. The van der Waals surface area contributed by atoms with Crippen LogP contribution in [0, 0.1) is 10.1 Å². The molecule has 0 radical (unpaired) electrons. The molecule has 0 bridgehead atoms. The average molecular weight is 218 g/mol. The molecular formula is C12H14N2O2. The van der Waals surface area contributed by atoms with Gasteiger partial charge >= 0.3 is 0 Å². The maximum Gasteiger partial charge on any atom is 0.270 e. The van der Waals surface area contributed by atoms with Crippen molar-refractivity contribution in [3.63, 3.8) is 0 Å². The number of hydrogen-bond acceptors (Lipinski definition) is 2. The monoisotopic (exact) mass is 218 g/mol. The summed E-state index contributed by atoms with van der Waals surface area (Å²) in [5.41, 5.74) is 2.29. The lowest BCUT2D eigenvalue weighted by molar-refractivity contribution is -0.384. The van der Waals surface area contributed by atoms with Crippen LogP contribution in [0.5, 0.6) is 0 Å². The molecular weight excluding hydrogens is 204 g/mol. The van der Waals surface area contributed by atoms with E-state index in [1.165, 1.54) is 11.6 Å². The molecule has 0 aliphatic carbocycles. The van der Waals surface area contributed by atoms with Gasteiger partial charge in [0.1, 0.15) is 0 Å². The predicted molar refractivity (Wildman–Crippen MR) is 63.6 cm³/mol. The Kier molecular flexibility index (Phi) is 2.90. The lowest BCUT2D eigenvalue weighted by Crippen LogP contribution is -1.88. The lowest BCUT2D eigenvalue weighted by Gasteiger charge is -1.97. The highest BCUT2D eigenvalue weighted by atomic mass is 16.6. The number of fused-ring (bicyclic) bond motifs is 1. The van der Waals surface area contributed by atoms with Crippen molar-refractivity contribution in [2.45, 2.75) is 26.2 Å². The summed E-state index contributed by atoms with van der Waals surface area (Å²) < 4.78 is 0. The van der Waals surface area contributed by atoms with Crippen molar-refractivity contribution in [1.82, 2.24) is 4.98 Å². The molecule has 1 aromatic heterocycles. The number of unbranched alkanes of at least 4 members (excludes halogenated alkanes) is 1. The number of aryl methyl sites for hydroxylation is 1. The summed E-state index contributed by atoms with van der Waals surface area (Å²) in [6.45, 7) is 2.14. The third-order valence-electron chi connectivity index (χ3n) is 2.76. The zero-order chi connectivity index (χ0) is 11.5. The molecule has 4 nitrogen and oxygen atoms in total. The lowest BCUT2D eigenvalue weighted by atomic mass is 10.1. The van der Waals surface area contributed by atoms with Crippen LogP contribution in [0.25, 0.3) is 10.9 Å². The Morgan fingerprint density at radius 2 is 2.25 bits per heavy atom. The summed E-state index contributed by atoms with van der Waals surface area (Å²) in [6, 6.07) is 4.95. The van der Waals surface area contributed by atoms with Gasteiger partial charge in [-0.15, -0.1) is 0 Å². The van der Waals surface area contributed by atoms with Gasteiger partial charge in [0.2, 0.25) is 0 Å². The Balaban J connectivity index is 2.43. The molecule has 0 amide bonds. The molecule has 16 heavy (non-hydrogen) atoms. The Morgan fingerprint density at radius 1 is 1.44 bits per heavy atom.